The molecule has 0 radical (unpaired) electrons. The van der Waals surface area contributed by atoms with Crippen LogP contribution < -0.4 is 0 Å². The summed E-state index contributed by atoms with van der Waals surface area (Å²) in [5.41, 5.74) is 0. The van der Waals surface area contributed by atoms with Gasteiger partial charge in [0.1, 0.15) is 0 Å². The molecule has 0 atom stereocenters. The predicted octanol–water partition coefficient (Wildman–Crippen LogP) is 1.24. The molecule has 0 saturated carbocycles. The Morgan fingerprint density at radius 2 is 1.62 bits per heavy atom. The largest absolute Gasteiger partial charge is 0.465 e. The van der Waals surface area contributed by atoms with E-state index in [0.29, 0.717) is 38.5 Å². The Hall–Kier alpha value is -1.26. The third kappa shape index (κ3) is 3.72. The van der Waals surface area contributed by atoms with Gasteiger partial charge in [-0.25, -0.2) is 4.79 Å². The predicted molar refractivity (Wildman–Crippen MR) is 60.2 cm³/mol. The van der Waals surface area contributed by atoms with Crippen molar-refractivity contribution in [2.75, 3.05) is 26.2 Å². The molecule has 1 N–H and O–H groups in total. The van der Waals surface area contributed by atoms with Gasteiger partial charge in [-0.1, -0.05) is 13.8 Å². The van der Waals surface area contributed by atoms with Gasteiger partial charge in [0.05, 0.1) is 0 Å². The Labute approximate surface area is 96.0 Å². The standard InChI is InChI=1S/C11H20N2O3/c1-9(2)3-4-10(14)12-5-7-13(8-6-12)11(15)16/h9H,3-8H2,1-2H3,(H,15,16). The first kappa shape index (κ1) is 12.8. The summed E-state index contributed by atoms with van der Waals surface area (Å²) in [6.07, 6.45) is 0.581. The summed E-state index contributed by atoms with van der Waals surface area (Å²) >= 11 is 0. The van der Waals surface area contributed by atoms with Crippen LogP contribution >= 0.6 is 0 Å². The second-order valence-corrected chi connectivity index (χ2v) is 4.58. The fourth-order valence-corrected chi connectivity index (χ4v) is 1.72. The molecular weight excluding hydrogens is 208 g/mol. The number of nitrogens with zero attached hydrogens (tertiary/aromatic N) is 2. The summed E-state index contributed by atoms with van der Waals surface area (Å²) in [6, 6.07) is 0. The normalized spacial score (nSPS) is 16.7. The molecule has 16 heavy (non-hydrogen) atoms. The molecule has 1 aliphatic heterocycles. The molecule has 1 rings (SSSR count). The van der Waals surface area contributed by atoms with Crippen LogP contribution in [0.2, 0.25) is 0 Å². The highest BCUT2D eigenvalue weighted by Gasteiger charge is 2.23. The van der Waals surface area contributed by atoms with Crippen LogP contribution in [0.15, 0.2) is 0 Å². The number of amides is 2. The molecule has 0 aromatic rings. The van der Waals surface area contributed by atoms with Gasteiger partial charge in [0.2, 0.25) is 5.91 Å². The van der Waals surface area contributed by atoms with Gasteiger partial charge >= 0.3 is 6.09 Å². The third-order valence-electron chi connectivity index (χ3n) is 2.84. The van der Waals surface area contributed by atoms with Crippen LogP contribution in [0.1, 0.15) is 26.7 Å². The van der Waals surface area contributed by atoms with E-state index >= 15 is 0 Å². The lowest BCUT2D eigenvalue weighted by molar-refractivity contribution is -0.133. The number of carboxylic acid groups (broad SMARTS) is 1. The van der Waals surface area contributed by atoms with Crippen molar-refractivity contribution >= 4 is 12.0 Å². The average Bonchev–Trinajstić information content (AvgIpc) is 2.26. The molecular formula is C11H20N2O3. The van der Waals surface area contributed by atoms with E-state index in [2.05, 4.69) is 13.8 Å². The van der Waals surface area contributed by atoms with Gasteiger partial charge in [-0.3, -0.25) is 4.79 Å². The molecule has 2 amide bonds. The first-order valence-electron chi connectivity index (χ1n) is 5.76. The average molecular weight is 228 g/mol. The molecule has 0 bridgehead atoms. The minimum absolute atomic E-state index is 0.152. The van der Waals surface area contributed by atoms with Crippen molar-refractivity contribution in [2.24, 2.45) is 5.92 Å². The van der Waals surface area contributed by atoms with E-state index < -0.39 is 6.09 Å². The number of carbonyl (C=O) groups excluding carboxylic acids is 1. The van der Waals surface area contributed by atoms with Crippen LogP contribution in [0.5, 0.6) is 0 Å². The maximum atomic E-state index is 11.7. The summed E-state index contributed by atoms with van der Waals surface area (Å²) in [5.74, 6) is 0.683. The highest BCUT2D eigenvalue weighted by atomic mass is 16.4. The number of hydrogen-bond acceptors (Lipinski definition) is 2. The lowest BCUT2D eigenvalue weighted by Crippen LogP contribution is -2.50. The summed E-state index contributed by atoms with van der Waals surface area (Å²) in [7, 11) is 0. The van der Waals surface area contributed by atoms with E-state index in [1.54, 1.807) is 4.90 Å². The van der Waals surface area contributed by atoms with Gasteiger partial charge in [-0.15, -0.1) is 0 Å². The molecule has 0 unspecified atom stereocenters. The summed E-state index contributed by atoms with van der Waals surface area (Å²) in [6.45, 7) is 6.11. The first-order chi connectivity index (χ1) is 7.50. The molecule has 1 saturated heterocycles. The van der Waals surface area contributed by atoms with Crippen LogP contribution in [0.3, 0.4) is 0 Å². The van der Waals surface area contributed by atoms with E-state index in [4.69, 9.17) is 5.11 Å². The molecule has 0 aromatic carbocycles. The van der Waals surface area contributed by atoms with Gasteiger partial charge in [0.25, 0.3) is 0 Å². The summed E-state index contributed by atoms with van der Waals surface area (Å²) in [5, 5.41) is 8.76. The van der Waals surface area contributed by atoms with E-state index in [0.717, 1.165) is 6.42 Å². The molecule has 0 aromatic heterocycles. The van der Waals surface area contributed by atoms with Crippen molar-refractivity contribution < 1.29 is 14.7 Å². The van der Waals surface area contributed by atoms with Crippen LogP contribution in [-0.2, 0) is 4.79 Å². The maximum Gasteiger partial charge on any atom is 0.407 e. The zero-order valence-corrected chi connectivity index (χ0v) is 9.98. The second kappa shape index (κ2) is 5.72. The molecule has 1 heterocycles. The highest BCUT2D eigenvalue weighted by Crippen LogP contribution is 2.09. The minimum Gasteiger partial charge on any atom is -0.465 e. The Kier molecular flexibility index (Phi) is 4.58. The Bertz CT molecular complexity index is 258. The smallest absolute Gasteiger partial charge is 0.407 e. The van der Waals surface area contributed by atoms with E-state index in [1.807, 2.05) is 0 Å². The fraction of sp³-hybridized carbons (Fsp3) is 0.818. The topological polar surface area (TPSA) is 60.9 Å². The van der Waals surface area contributed by atoms with Crippen molar-refractivity contribution in [1.82, 2.24) is 9.80 Å². The van der Waals surface area contributed by atoms with Crippen LogP contribution in [-0.4, -0.2) is 53.1 Å². The monoisotopic (exact) mass is 228 g/mol. The molecule has 0 aliphatic carbocycles. The molecule has 92 valence electrons. The number of hydrogen-bond donors (Lipinski definition) is 1. The van der Waals surface area contributed by atoms with Crippen molar-refractivity contribution in [1.29, 1.82) is 0 Å². The van der Waals surface area contributed by atoms with Gasteiger partial charge < -0.3 is 14.9 Å². The van der Waals surface area contributed by atoms with Gasteiger partial charge in [-0.05, 0) is 12.3 Å². The molecule has 5 heteroatoms. The Morgan fingerprint density at radius 1 is 1.12 bits per heavy atom. The summed E-state index contributed by atoms with van der Waals surface area (Å²) < 4.78 is 0. The van der Waals surface area contributed by atoms with Gasteiger partial charge in [0.15, 0.2) is 0 Å². The number of carbonyl (C=O) groups is 2. The minimum atomic E-state index is -0.894. The molecule has 1 aliphatic rings. The van der Waals surface area contributed by atoms with Crippen LogP contribution in [0.4, 0.5) is 4.79 Å². The SMILES string of the molecule is CC(C)CCC(=O)N1CCN(C(=O)O)CC1. The van der Waals surface area contributed by atoms with Crippen LogP contribution in [0.25, 0.3) is 0 Å². The number of rotatable bonds is 3. The Balaban J connectivity index is 2.30. The fourth-order valence-electron chi connectivity index (χ4n) is 1.72. The van der Waals surface area contributed by atoms with Crippen molar-refractivity contribution in [3.05, 3.63) is 0 Å². The maximum absolute atomic E-state index is 11.7. The molecule has 0 spiro atoms. The van der Waals surface area contributed by atoms with Gasteiger partial charge in [-0.2, -0.15) is 0 Å². The zero-order chi connectivity index (χ0) is 12.1. The second-order valence-electron chi connectivity index (χ2n) is 4.58. The third-order valence-corrected chi connectivity index (χ3v) is 2.84. The lowest BCUT2D eigenvalue weighted by Gasteiger charge is -2.33. The van der Waals surface area contributed by atoms with Crippen LogP contribution in [0, 0.1) is 5.92 Å². The van der Waals surface area contributed by atoms with Crippen molar-refractivity contribution in [2.45, 2.75) is 26.7 Å². The summed E-state index contributed by atoms with van der Waals surface area (Å²) in [4.78, 5) is 25.5. The first-order valence-corrected chi connectivity index (χ1v) is 5.76. The van der Waals surface area contributed by atoms with E-state index in [9.17, 15) is 9.59 Å². The van der Waals surface area contributed by atoms with E-state index in [-0.39, 0.29) is 5.91 Å². The highest BCUT2D eigenvalue weighted by molar-refractivity contribution is 5.76. The Morgan fingerprint density at radius 3 is 2.06 bits per heavy atom. The number of piperazine rings is 1. The lowest BCUT2D eigenvalue weighted by atomic mass is 10.1. The zero-order valence-electron chi connectivity index (χ0n) is 9.98. The quantitative estimate of drug-likeness (QED) is 0.790. The van der Waals surface area contributed by atoms with Crippen molar-refractivity contribution in [3.63, 3.8) is 0 Å². The molecule has 1 fully saturated rings. The van der Waals surface area contributed by atoms with Gasteiger partial charge in [0, 0.05) is 32.6 Å². The van der Waals surface area contributed by atoms with E-state index in [1.165, 1.54) is 4.90 Å². The van der Waals surface area contributed by atoms with Crippen molar-refractivity contribution in [3.8, 4) is 0 Å². The molecule has 5 nitrogen and oxygen atoms in total.